The highest BCUT2D eigenvalue weighted by Crippen LogP contribution is 2.26. The summed E-state index contributed by atoms with van der Waals surface area (Å²) in [4.78, 5) is 6.20. The number of benzene rings is 2. The molecule has 2 unspecified atom stereocenters. The molecule has 0 aliphatic carbocycles. The minimum atomic E-state index is -0.583. The SMILES string of the molecule is CCNC(=NCC(O)Cc1ccccc1)NC1CCN(c2c(F)cccc2F)C1.I. The summed E-state index contributed by atoms with van der Waals surface area (Å²) in [5.74, 6) is -0.494. The normalized spacial score (nSPS) is 17.4. The maximum atomic E-state index is 14.0. The van der Waals surface area contributed by atoms with E-state index in [2.05, 4.69) is 15.6 Å². The first-order valence-electron chi connectivity index (χ1n) is 10.0. The van der Waals surface area contributed by atoms with Crippen LogP contribution in [-0.4, -0.2) is 49.4 Å². The first kappa shape index (κ1) is 24.3. The van der Waals surface area contributed by atoms with Crippen LogP contribution in [0.15, 0.2) is 53.5 Å². The van der Waals surface area contributed by atoms with Crippen molar-refractivity contribution in [3.8, 4) is 0 Å². The summed E-state index contributed by atoms with van der Waals surface area (Å²) < 4.78 is 28.1. The zero-order valence-corrected chi connectivity index (χ0v) is 19.4. The Morgan fingerprint density at radius 1 is 1.17 bits per heavy atom. The van der Waals surface area contributed by atoms with Gasteiger partial charge in [0, 0.05) is 32.1 Å². The summed E-state index contributed by atoms with van der Waals surface area (Å²) in [6.45, 7) is 3.95. The van der Waals surface area contributed by atoms with Crippen LogP contribution in [0.3, 0.4) is 0 Å². The Kier molecular flexibility index (Phi) is 9.77. The molecule has 1 heterocycles. The predicted molar refractivity (Wildman–Crippen MR) is 128 cm³/mol. The molecule has 2 aromatic rings. The lowest BCUT2D eigenvalue weighted by Gasteiger charge is -2.21. The molecule has 1 fully saturated rings. The van der Waals surface area contributed by atoms with Crippen LogP contribution in [0.5, 0.6) is 0 Å². The third-order valence-electron chi connectivity index (χ3n) is 4.90. The van der Waals surface area contributed by atoms with Crippen LogP contribution in [0, 0.1) is 11.6 Å². The number of nitrogens with zero attached hydrogens (tertiary/aromatic N) is 2. The Bertz CT molecular complexity index is 802. The molecule has 30 heavy (non-hydrogen) atoms. The van der Waals surface area contributed by atoms with Gasteiger partial charge in [0.1, 0.15) is 17.3 Å². The van der Waals surface area contributed by atoms with Crippen LogP contribution in [0.1, 0.15) is 18.9 Å². The zero-order valence-electron chi connectivity index (χ0n) is 17.0. The van der Waals surface area contributed by atoms with Gasteiger partial charge in [0.2, 0.25) is 0 Å². The molecule has 164 valence electrons. The van der Waals surface area contributed by atoms with Crippen LogP contribution in [0.2, 0.25) is 0 Å². The van der Waals surface area contributed by atoms with Gasteiger partial charge in [0.15, 0.2) is 5.96 Å². The van der Waals surface area contributed by atoms with Gasteiger partial charge in [-0.2, -0.15) is 0 Å². The van der Waals surface area contributed by atoms with E-state index in [9.17, 15) is 13.9 Å². The molecule has 0 amide bonds. The monoisotopic (exact) mass is 530 g/mol. The van der Waals surface area contributed by atoms with E-state index in [0.717, 1.165) is 12.0 Å². The van der Waals surface area contributed by atoms with Gasteiger partial charge in [0.05, 0.1) is 12.6 Å². The van der Waals surface area contributed by atoms with Crippen molar-refractivity contribution in [2.75, 3.05) is 31.1 Å². The molecule has 2 aromatic carbocycles. The van der Waals surface area contributed by atoms with Gasteiger partial charge in [-0.25, -0.2) is 8.78 Å². The van der Waals surface area contributed by atoms with Gasteiger partial charge >= 0.3 is 0 Å². The Morgan fingerprint density at radius 2 is 1.87 bits per heavy atom. The molecule has 2 atom stereocenters. The van der Waals surface area contributed by atoms with E-state index >= 15 is 0 Å². The zero-order chi connectivity index (χ0) is 20.6. The molecule has 1 aliphatic heterocycles. The van der Waals surface area contributed by atoms with Crippen LogP contribution in [0.4, 0.5) is 14.5 Å². The van der Waals surface area contributed by atoms with Crippen molar-refractivity contribution in [2.24, 2.45) is 4.99 Å². The van der Waals surface area contributed by atoms with Gasteiger partial charge in [-0.05, 0) is 31.0 Å². The van der Waals surface area contributed by atoms with E-state index in [1.807, 2.05) is 37.3 Å². The molecule has 8 heteroatoms. The third-order valence-corrected chi connectivity index (χ3v) is 4.90. The van der Waals surface area contributed by atoms with E-state index in [1.165, 1.54) is 18.2 Å². The number of para-hydroxylation sites is 1. The van der Waals surface area contributed by atoms with Crippen LogP contribution >= 0.6 is 24.0 Å². The molecular formula is C22H29F2IN4O. The molecule has 0 aromatic heterocycles. The standard InChI is InChI=1S/C22H28F2N4O.HI/c1-2-25-22(26-14-18(29)13-16-7-4-3-5-8-16)27-17-11-12-28(15-17)21-19(23)9-6-10-20(21)24;/h3-10,17-18,29H,2,11-15H2,1H3,(H2,25,26,27);1H. The third kappa shape index (κ3) is 6.80. The van der Waals surface area contributed by atoms with Crippen molar-refractivity contribution in [2.45, 2.75) is 31.9 Å². The number of anilines is 1. The van der Waals surface area contributed by atoms with Crippen molar-refractivity contribution in [1.82, 2.24) is 10.6 Å². The topological polar surface area (TPSA) is 59.9 Å². The number of nitrogens with one attached hydrogen (secondary N) is 2. The predicted octanol–water partition coefficient (Wildman–Crippen LogP) is 3.32. The van der Waals surface area contributed by atoms with Crippen LogP contribution in [-0.2, 0) is 6.42 Å². The average molecular weight is 530 g/mol. The summed E-state index contributed by atoms with van der Waals surface area (Å²) in [5.41, 5.74) is 1.09. The number of hydrogen-bond acceptors (Lipinski definition) is 3. The van der Waals surface area contributed by atoms with Crippen molar-refractivity contribution in [1.29, 1.82) is 0 Å². The minimum absolute atomic E-state index is 0. The van der Waals surface area contributed by atoms with Crippen LogP contribution < -0.4 is 15.5 Å². The Hall–Kier alpha value is -1.94. The van der Waals surface area contributed by atoms with Gasteiger partial charge in [0.25, 0.3) is 0 Å². The molecule has 1 aliphatic rings. The Labute approximate surface area is 193 Å². The van der Waals surface area contributed by atoms with Crippen molar-refractivity contribution < 1.29 is 13.9 Å². The maximum absolute atomic E-state index is 14.0. The smallest absolute Gasteiger partial charge is 0.191 e. The number of aliphatic imine (C=N–C) groups is 1. The lowest BCUT2D eigenvalue weighted by atomic mass is 10.1. The minimum Gasteiger partial charge on any atom is -0.391 e. The van der Waals surface area contributed by atoms with Gasteiger partial charge in [-0.15, -0.1) is 24.0 Å². The number of aliphatic hydroxyl groups is 1. The van der Waals surface area contributed by atoms with E-state index in [1.54, 1.807) is 4.90 Å². The molecule has 3 N–H and O–H groups in total. The average Bonchev–Trinajstić information content (AvgIpc) is 3.15. The summed E-state index contributed by atoms with van der Waals surface area (Å²) in [5, 5.41) is 16.8. The van der Waals surface area contributed by atoms with E-state index in [-0.39, 0.29) is 42.3 Å². The number of hydrogen-bond donors (Lipinski definition) is 3. The fraction of sp³-hybridized carbons (Fsp3) is 0.409. The van der Waals surface area contributed by atoms with Crippen LogP contribution in [0.25, 0.3) is 0 Å². The second-order valence-corrected chi connectivity index (χ2v) is 7.21. The summed E-state index contributed by atoms with van der Waals surface area (Å²) in [6.07, 6.45) is 0.693. The number of guanidine groups is 1. The summed E-state index contributed by atoms with van der Waals surface area (Å²) >= 11 is 0. The Morgan fingerprint density at radius 3 is 2.53 bits per heavy atom. The summed E-state index contributed by atoms with van der Waals surface area (Å²) in [7, 11) is 0. The number of rotatable bonds is 7. The van der Waals surface area contributed by atoms with Gasteiger partial charge in [-0.3, -0.25) is 4.99 Å². The molecule has 0 bridgehead atoms. The van der Waals surface area contributed by atoms with Gasteiger partial charge < -0.3 is 20.6 Å². The molecule has 0 saturated carbocycles. The first-order valence-corrected chi connectivity index (χ1v) is 10.0. The van der Waals surface area contributed by atoms with E-state index in [0.29, 0.717) is 32.0 Å². The second kappa shape index (κ2) is 12.0. The molecule has 3 rings (SSSR count). The van der Waals surface area contributed by atoms with Crippen molar-refractivity contribution in [3.05, 3.63) is 65.7 Å². The van der Waals surface area contributed by atoms with Gasteiger partial charge in [-0.1, -0.05) is 36.4 Å². The molecule has 1 saturated heterocycles. The first-order chi connectivity index (χ1) is 14.1. The number of halogens is 3. The Balaban J connectivity index is 0.00000320. The van der Waals surface area contributed by atoms with Crippen molar-refractivity contribution >= 4 is 35.6 Å². The fourth-order valence-corrected chi connectivity index (χ4v) is 3.53. The summed E-state index contributed by atoms with van der Waals surface area (Å²) in [6, 6.07) is 13.7. The highest BCUT2D eigenvalue weighted by atomic mass is 127. The largest absolute Gasteiger partial charge is 0.391 e. The highest BCUT2D eigenvalue weighted by Gasteiger charge is 2.27. The fourth-order valence-electron chi connectivity index (χ4n) is 3.53. The van der Waals surface area contributed by atoms with E-state index in [4.69, 9.17) is 0 Å². The highest BCUT2D eigenvalue weighted by molar-refractivity contribution is 14.0. The molecule has 0 radical (unpaired) electrons. The molecular weight excluding hydrogens is 501 g/mol. The molecule has 5 nitrogen and oxygen atoms in total. The molecule has 0 spiro atoms. The second-order valence-electron chi connectivity index (χ2n) is 7.21. The lowest BCUT2D eigenvalue weighted by molar-refractivity contribution is 0.183. The number of aliphatic hydroxyl groups excluding tert-OH is 1. The van der Waals surface area contributed by atoms with Crippen molar-refractivity contribution in [3.63, 3.8) is 0 Å². The maximum Gasteiger partial charge on any atom is 0.191 e. The van der Waals surface area contributed by atoms with E-state index < -0.39 is 17.7 Å². The lowest BCUT2D eigenvalue weighted by Crippen LogP contribution is -2.45. The quantitative estimate of drug-likeness (QED) is 0.292.